The zero-order chi connectivity index (χ0) is 6.85. The first-order valence-corrected chi connectivity index (χ1v) is 2.73. The van der Waals surface area contributed by atoms with Crippen LogP contribution in [0.4, 0.5) is 0 Å². The standard InChI is InChI=1S/C5H8O4/c6-2-3(7)1-4-5(8)9-4/h3-4,6-7H,1-2H2. The topological polar surface area (TPSA) is 70.1 Å². The Labute approximate surface area is 52.1 Å². The van der Waals surface area contributed by atoms with E-state index >= 15 is 0 Å². The highest BCUT2D eigenvalue weighted by Gasteiger charge is 2.39. The van der Waals surface area contributed by atoms with Crippen LogP contribution < -0.4 is 0 Å². The average Bonchev–Trinajstić information content (AvgIpc) is 2.47. The Hall–Kier alpha value is -0.610. The van der Waals surface area contributed by atoms with E-state index < -0.39 is 12.2 Å². The van der Waals surface area contributed by atoms with E-state index in [0.29, 0.717) is 0 Å². The molecule has 1 aliphatic heterocycles. The molecule has 0 aliphatic carbocycles. The van der Waals surface area contributed by atoms with E-state index in [4.69, 9.17) is 10.2 Å². The molecule has 9 heavy (non-hydrogen) atoms. The summed E-state index contributed by atoms with van der Waals surface area (Å²) in [7, 11) is 0. The highest BCUT2D eigenvalue weighted by molar-refractivity contribution is 5.87. The summed E-state index contributed by atoms with van der Waals surface area (Å²) in [6.45, 7) is -0.312. The Kier molecular flexibility index (Phi) is 1.68. The summed E-state index contributed by atoms with van der Waals surface area (Å²) in [4.78, 5) is 10.1. The molecule has 0 spiro atoms. The second-order valence-corrected chi connectivity index (χ2v) is 2.00. The minimum absolute atomic E-state index is 0.218. The first-order valence-electron chi connectivity index (χ1n) is 2.73. The Bertz CT molecular complexity index is 122. The third-order valence-electron chi connectivity index (χ3n) is 1.16. The predicted octanol–water partition coefficient (Wildman–Crippen LogP) is -1.34. The summed E-state index contributed by atoms with van der Waals surface area (Å²) in [6.07, 6.45) is -1.05. The van der Waals surface area contributed by atoms with Crippen LogP contribution in [0.15, 0.2) is 0 Å². The summed E-state index contributed by atoms with van der Waals surface area (Å²) in [5.74, 6) is -0.289. The molecule has 1 heterocycles. The molecule has 0 aromatic heterocycles. The fourth-order valence-corrected chi connectivity index (χ4v) is 0.572. The van der Waals surface area contributed by atoms with Crippen molar-refractivity contribution in [3.8, 4) is 0 Å². The van der Waals surface area contributed by atoms with Crippen molar-refractivity contribution in [1.29, 1.82) is 0 Å². The van der Waals surface area contributed by atoms with Gasteiger partial charge in [-0.2, -0.15) is 0 Å². The van der Waals surface area contributed by atoms with E-state index in [1.165, 1.54) is 0 Å². The van der Waals surface area contributed by atoms with Crippen molar-refractivity contribution in [3.63, 3.8) is 0 Å². The third-order valence-corrected chi connectivity index (χ3v) is 1.16. The van der Waals surface area contributed by atoms with Crippen molar-refractivity contribution in [2.24, 2.45) is 0 Å². The number of ether oxygens (including phenoxy) is 1. The number of carbonyl (C=O) groups is 1. The maximum Gasteiger partial charge on any atom is 0.348 e. The first-order chi connectivity index (χ1) is 4.24. The number of aliphatic hydroxyl groups is 2. The molecule has 0 bridgehead atoms. The minimum Gasteiger partial charge on any atom is -0.447 e. The van der Waals surface area contributed by atoms with Crippen LogP contribution in [-0.2, 0) is 9.53 Å². The van der Waals surface area contributed by atoms with E-state index in [-0.39, 0.29) is 19.0 Å². The number of aliphatic hydroxyl groups excluding tert-OH is 2. The lowest BCUT2D eigenvalue weighted by Crippen LogP contribution is -2.14. The van der Waals surface area contributed by atoms with Gasteiger partial charge in [0.1, 0.15) is 0 Å². The van der Waals surface area contributed by atoms with Gasteiger partial charge in [0.05, 0.1) is 12.7 Å². The summed E-state index contributed by atoms with van der Waals surface area (Å²) < 4.78 is 4.38. The number of carbonyl (C=O) groups excluding carboxylic acids is 1. The normalized spacial score (nSPS) is 27.3. The molecule has 0 amide bonds. The molecule has 0 aromatic carbocycles. The van der Waals surface area contributed by atoms with Gasteiger partial charge in [-0.15, -0.1) is 0 Å². The van der Waals surface area contributed by atoms with Gasteiger partial charge >= 0.3 is 5.97 Å². The summed E-state index contributed by atoms with van der Waals surface area (Å²) >= 11 is 0. The monoisotopic (exact) mass is 132 g/mol. The Morgan fingerprint density at radius 1 is 1.78 bits per heavy atom. The molecule has 1 aliphatic rings. The van der Waals surface area contributed by atoms with Crippen molar-refractivity contribution in [3.05, 3.63) is 0 Å². The smallest absolute Gasteiger partial charge is 0.348 e. The molecular formula is C5H8O4. The van der Waals surface area contributed by atoms with Crippen molar-refractivity contribution in [2.75, 3.05) is 6.61 Å². The summed E-state index contributed by atoms with van der Waals surface area (Å²) in [5, 5.41) is 17.0. The van der Waals surface area contributed by atoms with Crippen molar-refractivity contribution in [1.82, 2.24) is 0 Å². The van der Waals surface area contributed by atoms with Crippen LogP contribution in [0.1, 0.15) is 6.42 Å². The molecule has 1 saturated heterocycles. The Morgan fingerprint density at radius 3 is 2.67 bits per heavy atom. The molecule has 0 saturated carbocycles. The zero-order valence-corrected chi connectivity index (χ0v) is 4.78. The van der Waals surface area contributed by atoms with Crippen molar-refractivity contribution in [2.45, 2.75) is 18.6 Å². The van der Waals surface area contributed by atoms with Crippen LogP contribution in [0.25, 0.3) is 0 Å². The number of rotatable bonds is 3. The van der Waals surface area contributed by atoms with Crippen LogP contribution >= 0.6 is 0 Å². The minimum atomic E-state index is -0.818. The molecule has 4 heteroatoms. The largest absolute Gasteiger partial charge is 0.447 e. The van der Waals surface area contributed by atoms with E-state index in [1.807, 2.05) is 0 Å². The number of hydrogen-bond donors (Lipinski definition) is 2. The van der Waals surface area contributed by atoms with E-state index in [2.05, 4.69) is 4.74 Å². The highest BCUT2D eigenvalue weighted by atomic mass is 16.6. The summed E-state index contributed by atoms with van der Waals surface area (Å²) in [6, 6.07) is 0. The first kappa shape index (κ1) is 6.51. The van der Waals surface area contributed by atoms with Crippen LogP contribution in [0.3, 0.4) is 0 Å². The van der Waals surface area contributed by atoms with Crippen LogP contribution in [0.2, 0.25) is 0 Å². The van der Waals surface area contributed by atoms with E-state index in [1.54, 1.807) is 0 Å². The molecule has 2 N–H and O–H groups in total. The van der Waals surface area contributed by atoms with Gasteiger partial charge in [-0.05, 0) is 0 Å². The molecule has 52 valence electrons. The van der Waals surface area contributed by atoms with Gasteiger partial charge in [-0.25, -0.2) is 4.79 Å². The van der Waals surface area contributed by atoms with Gasteiger partial charge < -0.3 is 14.9 Å². The fourth-order valence-electron chi connectivity index (χ4n) is 0.572. The molecule has 4 nitrogen and oxygen atoms in total. The van der Waals surface area contributed by atoms with Crippen LogP contribution in [0, 0.1) is 0 Å². The molecule has 2 unspecified atom stereocenters. The van der Waals surface area contributed by atoms with Gasteiger partial charge in [-0.1, -0.05) is 0 Å². The summed E-state index contributed by atoms with van der Waals surface area (Å²) in [5.41, 5.74) is 0. The lowest BCUT2D eigenvalue weighted by molar-refractivity contribution is -0.117. The molecular weight excluding hydrogens is 124 g/mol. The Balaban J connectivity index is 2.11. The molecule has 0 aromatic rings. The average molecular weight is 132 g/mol. The third kappa shape index (κ3) is 1.65. The quantitative estimate of drug-likeness (QED) is 0.466. The fraction of sp³-hybridized carbons (Fsp3) is 0.800. The SMILES string of the molecule is O=C1OC1CC(O)CO. The van der Waals surface area contributed by atoms with E-state index in [9.17, 15) is 4.79 Å². The lowest BCUT2D eigenvalue weighted by atomic mass is 10.2. The van der Waals surface area contributed by atoms with E-state index in [0.717, 1.165) is 0 Å². The molecule has 2 atom stereocenters. The number of hydrogen-bond acceptors (Lipinski definition) is 4. The van der Waals surface area contributed by atoms with Gasteiger partial charge in [0.15, 0.2) is 0 Å². The maximum absolute atomic E-state index is 10.1. The second-order valence-electron chi connectivity index (χ2n) is 2.00. The van der Waals surface area contributed by atoms with Crippen LogP contribution in [0.5, 0.6) is 0 Å². The molecule has 1 rings (SSSR count). The van der Waals surface area contributed by atoms with Gasteiger partial charge in [0.2, 0.25) is 6.10 Å². The van der Waals surface area contributed by atoms with Crippen molar-refractivity contribution < 1.29 is 19.7 Å². The molecule has 0 radical (unpaired) electrons. The lowest BCUT2D eigenvalue weighted by Gasteiger charge is -1.99. The maximum atomic E-state index is 10.1. The number of cyclic esters (lactones) is 1. The van der Waals surface area contributed by atoms with Gasteiger partial charge in [0, 0.05) is 6.42 Å². The highest BCUT2D eigenvalue weighted by Crippen LogP contribution is 2.17. The Morgan fingerprint density at radius 2 is 2.33 bits per heavy atom. The molecule has 1 fully saturated rings. The zero-order valence-electron chi connectivity index (χ0n) is 4.78. The van der Waals surface area contributed by atoms with Gasteiger partial charge in [0.25, 0.3) is 0 Å². The number of epoxide rings is 1. The van der Waals surface area contributed by atoms with Gasteiger partial charge in [-0.3, -0.25) is 0 Å². The predicted molar refractivity (Wildman–Crippen MR) is 27.6 cm³/mol. The van der Waals surface area contributed by atoms with Crippen molar-refractivity contribution >= 4 is 5.97 Å². The second kappa shape index (κ2) is 2.33. The van der Waals surface area contributed by atoms with Crippen LogP contribution in [-0.4, -0.2) is 35.0 Å².